The zero-order valence-corrected chi connectivity index (χ0v) is 16.5. The zero-order chi connectivity index (χ0) is 20.5. The maximum Gasteiger partial charge on any atom is 0.267 e. The van der Waals surface area contributed by atoms with Crippen molar-refractivity contribution in [1.82, 2.24) is 4.98 Å². The van der Waals surface area contributed by atoms with Crippen LogP contribution in [-0.2, 0) is 0 Å². The van der Waals surface area contributed by atoms with Crippen molar-refractivity contribution in [2.75, 3.05) is 16.8 Å². The van der Waals surface area contributed by atoms with Crippen molar-refractivity contribution in [1.29, 1.82) is 5.26 Å². The molecule has 0 atom stereocenters. The van der Waals surface area contributed by atoms with Crippen LogP contribution in [0.1, 0.15) is 15.2 Å². The van der Waals surface area contributed by atoms with Crippen molar-refractivity contribution in [3.8, 4) is 17.2 Å². The van der Waals surface area contributed by atoms with Gasteiger partial charge in [0.1, 0.15) is 27.2 Å². The largest absolute Gasteiger partial charge is 0.397 e. The molecule has 8 heteroatoms. The summed E-state index contributed by atoms with van der Waals surface area (Å²) >= 11 is 7.02. The summed E-state index contributed by atoms with van der Waals surface area (Å²) in [6.07, 6.45) is 0. The molecule has 0 fully saturated rings. The Balaban J connectivity index is 1.88. The molecular weight excluding hydrogens is 406 g/mol. The minimum atomic E-state index is -0.371. The number of nitrogen functional groups attached to an aromatic ring is 2. The number of halogens is 1. The molecule has 0 saturated heterocycles. The first kappa shape index (κ1) is 18.7. The van der Waals surface area contributed by atoms with Gasteiger partial charge in [-0.25, -0.2) is 4.98 Å². The van der Waals surface area contributed by atoms with Gasteiger partial charge in [-0.2, -0.15) is 5.26 Å². The van der Waals surface area contributed by atoms with Crippen molar-refractivity contribution < 1.29 is 4.79 Å². The van der Waals surface area contributed by atoms with Gasteiger partial charge in [-0.1, -0.05) is 41.9 Å². The van der Waals surface area contributed by atoms with E-state index < -0.39 is 0 Å². The van der Waals surface area contributed by atoms with Gasteiger partial charge in [0.15, 0.2) is 0 Å². The third-order valence-corrected chi connectivity index (χ3v) is 5.74. The summed E-state index contributed by atoms with van der Waals surface area (Å²) in [6, 6.07) is 18.2. The van der Waals surface area contributed by atoms with E-state index in [0.717, 1.165) is 16.9 Å². The molecule has 2 heterocycles. The maximum absolute atomic E-state index is 12.8. The normalized spacial score (nSPS) is 10.6. The molecule has 1 amide bonds. The first-order valence-corrected chi connectivity index (χ1v) is 9.73. The summed E-state index contributed by atoms with van der Waals surface area (Å²) in [5.74, 6) is -0.270. The zero-order valence-electron chi connectivity index (χ0n) is 14.9. The van der Waals surface area contributed by atoms with E-state index in [4.69, 9.17) is 23.1 Å². The predicted octanol–water partition coefficient (Wildman–Crippen LogP) is 4.91. The van der Waals surface area contributed by atoms with Crippen LogP contribution < -0.4 is 16.8 Å². The van der Waals surface area contributed by atoms with Crippen LogP contribution in [0, 0.1) is 11.3 Å². The van der Waals surface area contributed by atoms with Gasteiger partial charge >= 0.3 is 0 Å². The number of nitrogens with one attached hydrogen (secondary N) is 1. The average Bonchev–Trinajstić information content (AvgIpc) is 3.05. The molecule has 0 saturated carbocycles. The molecule has 4 rings (SSSR count). The van der Waals surface area contributed by atoms with Crippen molar-refractivity contribution in [2.24, 2.45) is 0 Å². The van der Waals surface area contributed by atoms with E-state index in [1.54, 1.807) is 24.3 Å². The number of carbonyl (C=O) groups excluding carboxylic acids is 1. The second-order valence-electron chi connectivity index (χ2n) is 6.21. The van der Waals surface area contributed by atoms with E-state index in [9.17, 15) is 10.1 Å². The van der Waals surface area contributed by atoms with Gasteiger partial charge in [0.05, 0.1) is 5.69 Å². The van der Waals surface area contributed by atoms with Crippen LogP contribution in [0.3, 0.4) is 0 Å². The van der Waals surface area contributed by atoms with E-state index in [0.29, 0.717) is 31.4 Å². The number of hydrogen-bond donors (Lipinski definition) is 3. The smallest absolute Gasteiger partial charge is 0.267 e. The molecule has 0 aliphatic rings. The number of nitriles is 1. The highest BCUT2D eigenvalue weighted by molar-refractivity contribution is 7.21. The third-order valence-electron chi connectivity index (χ3n) is 4.39. The topological polar surface area (TPSA) is 118 Å². The Morgan fingerprint density at radius 3 is 2.45 bits per heavy atom. The minimum Gasteiger partial charge on any atom is -0.397 e. The lowest BCUT2D eigenvalue weighted by Crippen LogP contribution is -2.11. The van der Waals surface area contributed by atoms with Gasteiger partial charge < -0.3 is 16.8 Å². The van der Waals surface area contributed by atoms with Crippen LogP contribution in [0.15, 0.2) is 54.6 Å². The maximum atomic E-state index is 12.8. The molecule has 0 spiro atoms. The first-order valence-electron chi connectivity index (χ1n) is 8.53. The number of benzene rings is 2. The molecule has 142 valence electrons. The second-order valence-corrected chi connectivity index (χ2v) is 7.65. The van der Waals surface area contributed by atoms with Gasteiger partial charge in [0.25, 0.3) is 5.91 Å². The molecule has 4 aromatic rings. The number of hydrogen-bond acceptors (Lipinski definition) is 6. The average molecular weight is 420 g/mol. The summed E-state index contributed by atoms with van der Waals surface area (Å²) in [6.45, 7) is 0. The van der Waals surface area contributed by atoms with Gasteiger partial charge in [0, 0.05) is 21.7 Å². The lowest BCUT2D eigenvalue weighted by molar-refractivity contribution is 0.103. The lowest BCUT2D eigenvalue weighted by Gasteiger charge is -2.09. The quantitative estimate of drug-likeness (QED) is 0.436. The van der Waals surface area contributed by atoms with Crippen molar-refractivity contribution in [3.63, 3.8) is 0 Å². The molecule has 0 aliphatic carbocycles. The Kier molecular flexibility index (Phi) is 4.80. The predicted molar refractivity (Wildman–Crippen MR) is 118 cm³/mol. The number of nitrogens with zero attached hydrogens (tertiary/aromatic N) is 2. The molecule has 29 heavy (non-hydrogen) atoms. The van der Waals surface area contributed by atoms with Crippen molar-refractivity contribution in [2.45, 2.75) is 0 Å². The highest BCUT2D eigenvalue weighted by Gasteiger charge is 2.24. The number of amides is 1. The molecule has 0 aliphatic heterocycles. The van der Waals surface area contributed by atoms with Gasteiger partial charge in [-0.3, -0.25) is 4.79 Å². The van der Waals surface area contributed by atoms with Crippen LogP contribution in [0.2, 0.25) is 5.02 Å². The number of rotatable bonds is 3. The summed E-state index contributed by atoms with van der Waals surface area (Å²) in [5, 5.41) is 13.6. The summed E-state index contributed by atoms with van der Waals surface area (Å²) in [7, 11) is 0. The molecule has 0 unspecified atom stereocenters. The molecule has 5 N–H and O–H groups in total. The third kappa shape index (κ3) is 3.36. The monoisotopic (exact) mass is 419 g/mol. The fraction of sp³-hybridized carbons (Fsp3) is 0. The highest BCUT2D eigenvalue weighted by atomic mass is 35.5. The van der Waals surface area contributed by atoms with E-state index in [1.807, 2.05) is 30.3 Å². The van der Waals surface area contributed by atoms with Crippen molar-refractivity contribution >= 4 is 56.3 Å². The number of anilines is 3. The van der Waals surface area contributed by atoms with Crippen LogP contribution in [0.4, 0.5) is 17.2 Å². The number of aromatic nitrogens is 1. The Bertz CT molecular complexity index is 1280. The highest BCUT2D eigenvalue weighted by Crippen LogP contribution is 2.42. The van der Waals surface area contributed by atoms with Gasteiger partial charge in [-0.05, 0) is 29.8 Å². The van der Waals surface area contributed by atoms with Gasteiger partial charge in [-0.15, -0.1) is 11.3 Å². The standard InChI is InChI=1S/C21H14ClN5OS/c22-12-6-8-13(9-7-12)26-20(28)18-17(24)16-15(11-4-2-1-3-5-11)14(10-23)19(25)27-21(16)29-18/h1-9H,24H2,(H2,25,27)(H,26,28). The van der Waals surface area contributed by atoms with E-state index in [1.165, 1.54) is 0 Å². The molecule has 6 nitrogen and oxygen atoms in total. The fourth-order valence-corrected chi connectivity index (χ4v) is 4.20. The Hall–Kier alpha value is -3.60. The van der Waals surface area contributed by atoms with Crippen LogP contribution >= 0.6 is 22.9 Å². The minimum absolute atomic E-state index is 0.102. The van der Waals surface area contributed by atoms with Crippen molar-refractivity contribution in [3.05, 3.63) is 70.1 Å². The number of thiophene rings is 1. The van der Waals surface area contributed by atoms with Crippen LogP contribution in [-0.4, -0.2) is 10.9 Å². The number of fused-ring (bicyclic) bond motifs is 1. The van der Waals surface area contributed by atoms with E-state index >= 15 is 0 Å². The second kappa shape index (κ2) is 7.43. The molecule has 2 aromatic heterocycles. The Morgan fingerprint density at radius 1 is 1.10 bits per heavy atom. The summed E-state index contributed by atoms with van der Waals surface area (Å²) < 4.78 is 0. The summed E-state index contributed by atoms with van der Waals surface area (Å²) in [4.78, 5) is 17.9. The SMILES string of the molecule is N#Cc1c(N)nc2sc(C(=O)Nc3ccc(Cl)cc3)c(N)c2c1-c1ccccc1. The lowest BCUT2D eigenvalue weighted by atomic mass is 9.97. The Morgan fingerprint density at radius 2 is 1.79 bits per heavy atom. The van der Waals surface area contributed by atoms with Crippen LogP contribution in [0.25, 0.3) is 21.3 Å². The number of carbonyl (C=O) groups is 1. The number of pyridine rings is 1. The fourth-order valence-electron chi connectivity index (χ4n) is 3.07. The number of nitrogens with two attached hydrogens (primary N) is 2. The summed E-state index contributed by atoms with van der Waals surface area (Å²) in [5.41, 5.74) is 14.8. The molecule has 0 radical (unpaired) electrons. The van der Waals surface area contributed by atoms with E-state index in [-0.39, 0.29) is 23.0 Å². The Labute approximate surface area is 175 Å². The van der Waals surface area contributed by atoms with Crippen LogP contribution in [0.5, 0.6) is 0 Å². The molecule has 0 bridgehead atoms. The molecular formula is C21H14ClN5OS. The van der Waals surface area contributed by atoms with Gasteiger partial charge in [0.2, 0.25) is 0 Å². The molecule has 2 aromatic carbocycles. The first-order chi connectivity index (χ1) is 14.0. The van der Waals surface area contributed by atoms with E-state index in [2.05, 4.69) is 16.4 Å².